The Labute approximate surface area is 140 Å². The van der Waals surface area contributed by atoms with Crippen molar-refractivity contribution in [1.29, 1.82) is 0 Å². The van der Waals surface area contributed by atoms with E-state index < -0.39 is 0 Å². The summed E-state index contributed by atoms with van der Waals surface area (Å²) in [4.78, 5) is 7.45. The summed E-state index contributed by atoms with van der Waals surface area (Å²) in [5.41, 5.74) is 5.51. The lowest BCUT2D eigenvalue weighted by atomic mass is 9.93. The molecule has 0 aliphatic carbocycles. The van der Waals surface area contributed by atoms with E-state index in [9.17, 15) is 0 Å². The van der Waals surface area contributed by atoms with Crippen molar-refractivity contribution in [3.63, 3.8) is 0 Å². The predicted molar refractivity (Wildman–Crippen MR) is 98.8 cm³/mol. The molecule has 0 amide bonds. The first kappa shape index (κ1) is 13.6. The fourth-order valence-electron chi connectivity index (χ4n) is 4.13. The highest BCUT2D eigenvalue weighted by Crippen LogP contribution is 2.36. The number of hydrogen-bond acceptors (Lipinski definition) is 2. The molecule has 23 heavy (non-hydrogen) atoms. The summed E-state index contributed by atoms with van der Waals surface area (Å²) < 4.78 is 0. The number of fused-ring (bicyclic) bond motifs is 2. The van der Waals surface area contributed by atoms with Crippen LogP contribution in [0.3, 0.4) is 0 Å². The largest absolute Gasteiger partial charge is 0.361 e. The first-order valence-electron chi connectivity index (χ1n) is 8.47. The van der Waals surface area contributed by atoms with Gasteiger partial charge in [-0.05, 0) is 60.5 Å². The van der Waals surface area contributed by atoms with Gasteiger partial charge < -0.3 is 4.98 Å². The maximum atomic E-state index is 3.47. The third-order valence-electron chi connectivity index (χ3n) is 5.36. The zero-order chi connectivity index (χ0) is 15.2. The van der Waals surface area contributed by atoms with Gasteiger partial charge in [-0.25, -0.2) is 0 Å². The van der Waals surface area contributed by atoms with Gasteiger partial charge in [0.15, 0.2) is 0 Å². The summed E-state index contributed by atoms with van der Waals surface area (Å²) in [6.45, 7) is 2.40. The van der Waals surface area contributed by atoms with Crippen LogP contribution in [0.4, 0.5) is 0 Å². The lowest BCUT2D eigenvalue weighted by molar-refractivity contribution is 0.275. The number of nitrogens with zero attached hydrogens (tertiary/aromatic N) is 1. The molecule has 0 unspecified atom stereocenters. The number of benzene rings is 1. The minimum absolute atomic E-state index is 0.764. The zero-order valence-corrected chi connectivity index (χ0v) is 13.9. The molecule has 1 atom stereocenters. The summed E-state index contributed by atoms with van der Waals surface area (Å²) >= 11 is 1.81. The molecule has 0 spiro atoms. The fraction of sp³-hybridized carbons (Fsp3) is 0.300. The van der Waals surface area contributed by atoms with Gasteiger partial charge in [-0.3, -0.25) is 4.90 Å². The standard InChI is InChI=1S/C20H20N2S/c1-3-16-11-14(7-9-22(16)8-1)18-13-21-19-6-5-15(12-17(18)19)20-4-2-10-23-20/h2,4-7,10,12-13,16,21H,1,3,8-9,11H2/t16-/m0/s1. The van der Waals surface area contributed by atoms with Crippen LogP contribution in [0.15, 0.2) is 48.0 Å². The van der Waals surface area contributed by atoms with Gasteiger partial charge in [0.25, 0.3) is 0 Å². The van der Waals surface area contributed by atoms with Gasteiger partial charge in [-0.15, -0.1) is 11.3 Å². The molecule has 0 radical (unpaired) electrons. The SMILES string of the molecule is C1=C(c2c[nH]c3ccc(-c4cccs4)cc23)C[C@@H]2CCCN2C1. The van der Waals surface area contributed by atoms with E-state index in [1.807, 2.05) is 11.3 Å². The van der Waals surface area contributed by atoms with Crippen LogP contribution in [-0.4, -0.2) is 29.0 Å². The second-order valence-corrected chi connectivity index (χ2v) is 7.61. The first-order chi connectivity index (χ1) is 11.4. The molecule has 2 aromatic heterocycles. The lowest BCUT2D eigenvalue weighted by Gasteiger charge is -2.29. The number of aromatic nitrogens is 1. The molecule has 2 aliphatic heterocycles. The molecule has 5 rings (SSSR count). The van der Waals surface area contributed by atoms with E-state index in [1.165, 1.54) is 58.3 Å². The summed E-state index contributed by atoms with van der Waals surface area (Å²) in [5.74, 6) is 0. The Morgan fingerprint density at radius 2 is 2.22 bits per heavy atom. The molecule has 0 bridgehead atoms. The van der Waals surface area contributed by atoms with Crippen molar-refractivity contribution in [3.05, 3.63) is 53.5 Å². The molecule has 1 aromatic carbocycles. The maximum Gasteiger partial charge on any atom is 0.0460 e. The quantitative estimate of drug-likeness (QED) is 0.692. The molecule has 4 heterocycles. The Hall–Kier alpha value is -1.84. The fourth-order valence-corrected chi connectivity index (χ4v) is 4.86. The summed E-state index contributed by atoms with van der Waals surface area (Å²) in [5, 5.41) is 3.52. The lowest BCUT2D eigenvalue weighted by Crippen LogP contribution is -2.32. The van der Waals surface area contributed by atoms with Gasteiger partial charge in [-0.2, -0.15) is 0 Å². The Kier molecular flexibility index (Phi) is 3.17. The average molecular weight is 320 g/mol. The van der Waals surface area contributed by atoms with Crippen LogP contribution < -0.4 is 0 Å². The maximum absolute atomic E-state index is 3.47. The molecule has 1 fully saturated rings. The van der Waals surface area contributed by atoms with E-state index >= 15 is 0 Å². The van der Waals surface area contributed by atoms with Gasteiger partial charge >= 0.3 is 0 Å². The summed E-state index contributed by atoms with van der Waals surface area (Å²) in [6.07, 6.45) is 8.58. The van der Waals surface area contributed by atoms with Crippen molar-refractivity contribution in [3.8, 4) is 10.4 Å². The third kappa shape index (κ3) is 2.27. The number of H-pyrrole nitrogens is 1. The van der Waals surface area contributed by atoms with Crippen LogP contribution in [0, 0.1) is 0 Å². The minimum atomic E-state index is 0.764. The van der Waals surface area contributed by atoms with E-state index in [4.69, 9.17) is 0 Å². The van der Waals surface area contributed by atoms with E-state index in [1.54, 1.807) is 0 Å². The third-order valence-corrected chi connectivity index (χ3v) is 6.28. The molecule has 3 heteroatoms. The molecule has 2 nitrogen and oxygen atoms in total. The molecule has 116 valence electrons. The van der Waals surface area contributed by atoms with Gasteiger partial charge in [0.05, 0.1) is 0 Å². The molecular weight excluding hydrogens is 300 g/mol. The smallest absolute Gasteiger partial charge is 0.0460 e. The normalized spacial score (nSPS) is 21.6. The Bertz CT molecular complexity index is 872. The van der Waals surface area contributed by atoms with Crippen molar-refractivity contribution in [2.45, 2.75) is 25.3 Å². The number of thiophene rings is 1. The van der Waals surface area contributed by atoms with Crippen LogP contribution in [0.25, 0.3) is 26.9 Å². The molecule has 1 N–H and O–H groups in total. The molecule has 3 aromatic rings. The van der Waals surface area contributed by atoms with Crippen LogP contribution in [0.1, 0.15) is 24.8 Å². The van der Waals surface area contributed by atoms with Gasteiger partial charge in [0.1, 0.15) is 0 Å². The van der Waals surface area contributed by atoms with Crippen molar-refractivity contribution in [1.82, 2.24) is 9.88 Å². The van der Waals surface area contributed by atoms with Crippen molar-refractivity contribution in [2.75, 3.05) is 13.1 Å². The summed E-state index contributed by atoms with van der Waals surface area (Å²) in [7, 11) is 0. The zero-order valence-electron chi connectivity index (χ0n) is 13.1. The highest BCUT2D eigenvalue weighted by atomic mass is 32.1. The van der Waals surface area contributed by atoms with E-state index in [0.29, 0.717) is 0 Å². The van der Waals surface area contributed by atoms with Gasteiger partial charge in [0, 0.05) is 40.1 Å². The van der Waals surface area contributed by atoms with Crippen LogP contribution in [-0.2, 0) is 0 Å². The highest BCUT2D eigenvalue weighted by molar-refractivity contribution is 7.13. The van der Waals surface area contributed by atoms with Crippen molar-refractivity contribution in [2.24, 2.45) is 0 Å². The van der Waals surface area contributed by atoms with Crippen molar-refractivity contribution >= 4 is 27.8 Å². The summed E-state index contributed by atoms with van der Waals surface area (Å²) in [6, 6.07) is 11.9. The monoisotopic (exact) mass is 320 g/mol. The Morgan fingerprint density at radius 1 is 1.22 bits per heavy atom. The number of rotatable bonds is 2. The molecule has 1 saturated heterocycles. The minimum Gasteiger partial charge on any atom is -0.361 e. The van der Waals surface area contributed by atoms with E-state index in [0.717, 1.165) is 12.6 Å². The average Bonchev–Trinajstić information content (AvgIpc) is 3.32. The number of nitrogens with one attached hydrogen (secondary N) is 1. The predicted octanol–water partition coefficient (Wildman–Crippen LogP) is 5.15. The van der Waals surface area contributed by atoms with Gasteiger partial charge in [-0.1, -0.05) is 18.2 Å². The second kappa shape index (κ2) is 5.36. The topological polar surface area (TPSA) is 19.0 Å². The molecule has 2 aliphatic rings. The van der Waals surface area contributed by atoms with Crippen LogP contribution in [0.2, 0.25) is 0 Å². The van der Waals surface area contributed by atoms with Crippen LogP contribution in [0.5, 0.6) is 0 Å². The van der Waals surface area contributed by atoms with E-state index in [2.05, 4.69) is 57.9 Å². The highest BCUT2D eigenvalue weighted by Gasteiger charge is 2.28. The first-order valence-corrected chi connectivity index (χ1v) is 9.35. The van der Waals surface area contributed by atoms with E-state index in [-0.39, 0.29) is 0 Å². The van der Waals surface area contributed by atoms with Crippen molar-refractivity contribution < 1.29 is 0 Å². The molecular formula is C20H20N2S. The number of hydrogen-bond donors (Lipinski definition) is 1. The van der Waals surface area contributed by atoms with Crippen LogP contribution >= 0.6 is 11.3 Å². The Balaban J connectivity index is 1.58. The molecule has 0 saturated carbocycles. The second-order valence-electron chi connectivity index (χ2n) is 6.66. The number of aromatic amines is 1. The van der Waals surface area contributed by atoms with Gasteiger partial charge in [0.2, 0.25) is 0 Å². The Morgan fingerprint density at radius 3 is 3.13 bits per heavy atom.